The maximum absolute atomic E-state index is 12.4. The van der Waals surface area contributed by atoms with Crippen molar-refractivity contribution >= 4 is 17.6 Å². The van der Waals surface area contributed by atoms with Gasteiger partial charge in [-0.25, -0.2) is 9.78 Å². The van der Waals surface area contributed by atoms with Crippen LogP contribution in [0.4, 0.5) is 5.69 Å². The van der Waals surface area contributed by atoms with E-state index in [-0.39, 0.29) is 5.69 Å². The molecule has 7 heteroatoms. The van der Waals surface area contributed by atoms with Crippen LogP contribution in [0.5, 0.6) is 0 Å². The Morgan fingerprint density at radius 3 is 2.54 bits per heavy atom. The summed E-state index contributed by atoms with van der Waals surface area (Å²) < 4.78 is 10.8. The second kappa shape index (κ2) is 8.18. The second-order valence-corrected chi connectivity index (χ2v) is 5.98. The van der Waals surface area contributed by atoms with Gasteiger partial charge in [-0.05, 0) is 38.1 Å². The van der Waals surface area contributed by atoms with E-state index in [4.69, 9.17) is 14.4 Å². The van der Waals surface area contributed by atoms with Gasteiger partial charge in [0.1, 0.15) is 11.8 Å². The highest BCUT2D eigenvalue weighted by Gasteiger charge is 2.24. The lowest BCUT2D eigenvalue weighted by Gasteiger charge is -2.13. The first kappa shape index (κ1) is 18.9. The number of oxazole rings is 1. The summed E-state index contributed by atoms with van der Waals surface area (Å²) in [6.45, 7) is 3.04. The van der Waals surface area contributed by atoms with E-state index < -0.39 is 18.0 Å². The molecule has 0 aliphatic heterocycles. The number of hydrogen-bond acceptors (Lipinski definition) is 6. The third kappa shape index (κ3) is 4.07. The van der Waals surface area contributed by atoms with E-state index in [1.54, 1.807) is 31.2 Å². The van der Waals surface area contributed by atoms with Gasteiger partial charge in [-0.2, -0.15) is 5.26 Å². The molecule has 1 amide bonds. The fraction of sp³-hybridized carbons (Fsp3) is 0.143. The number of carbonyl (C=O) groups excluding carboxylic acids is 2. The number of rotatable bonds is 5. The van der Waals surface area contributed by atoms with Crippen molar-refractivity contribution in [2.24, 2.45) is 0 Å². The first-order valence-electron chi connectivity index (χ1n) is 8.53. The number of carbonyl (C=O) groups is 2. The van der Waals surface area contributed by atoms with Crippen molar-refractivity contribution in [1.82, 2.24) is 4.98 Å². The van der Waals surface area contributed by atoms with Crippen LogP contribution >= 0.6 is 0 Å². The molecule has 1 heterocycles. The lowest BCUT2D eigenvalue weighted by Crippen LogP contribution is -2.30. The molecule has 0 bridgehead atoms. The average molecular weight is 375 g/mol. The van der Waals surface area contributed by atoms with Crippen molar-refractivity contribution < 1.29 is 18.7 Å². The molecule has 140 valence electrons. The molecule has 1 atom stereocenters. The van der Waals surface area contributed by atoms with Crippen LogP contribution in [0.2, 0.25) is 0 Å². The molecular weight excluding hydrogens is 358 g/mol. The highest BCUT2D eigenvalue weighted by Crippen LogP contribution is 2.22. The minimum Gasteiger partial charge on any atom is -0.448 e. The summed E-state index contributed by atoms with van der Waals surface area (Å²) in [6, 6.07) is 17.7. The lowest BCUT2D eigenvalue weighted by molar-refractivity contribution is -0.123. The Balaban J connectivity index is 1.70. The van der Waals surface area contributed by atoms with Crippen LogP contribution in [0, 0.1) is 18.3 Å². The van der Waals surface area contributed by atoms with Crippen LogP contribution in [0.15, 0.2) is 59.0 Å². The fourth-order valence-electron chi connectivity index (χ4n) is 2.48. The summed E-state index contributed by atoms with van der Waals surface area (Å²) in [6.07, 6.45) is -1.09. The molecule has 0 radical (unpaired) electrons. The van der Waals surface area contributed by atoms with Crippen molar-refractivity contribution in [2.45, 2.75) is 20.0 Å². The molecule has 0 spiro atoms. The Hall–Kier alpha value is -3.92. The number of nitriles is 1. The Labute approximate surface area is 161 Å². The SMILES string of the molecule is Cc1oc(-c2ccccc2)nc1C(=O)O[C@H](C)C(=O)Nc1ccccc1C#N. The van der Waals surface area contributed by atoms with Gasteiger partial charge in [0.05, 0.1) is 11.3 Å². The maximum Gasteiger partial charge on any atom is 0.361 e. The topological polar surface area (TPSA) is 105 Å². The number of hydrogen-bond donors (Lipinski definition) is 1. The van der Waals surface area contributed by atoms with Crippen LogP contribution in [-0.4, -0.2) is 23.0 Å². The van der Waals surface area contributed by atoms with Crippen LogP contribution in [0.3, 0.4) is 0 Å². The lowest BCUT2D eigenvalue weighted by atomic mass is 10.2. The van der Waals surface area contributed by atoms with E-state index in [9.17, 15) is 9.59 Å². The predicted molar refractivity (Wildman–Crippen MR) is 101 cm³/mol. The minimum absolute atomic E-state index is 0.0101. The zero-order valence-corrected chi connectivity index (χ0v) is 15.3. The Morgan fingerprint density at radius 2 is 1.82 bits per heavy atom. The van der Waals surface area contributed by atoms with Crippen molar-refractivity contribution in [2.75, 3.05) is 5.32 Å². The molecule has 0 aliphatic carbocycles. The highest BCUT2D eigenvalue weighted by molar-refractivity contribution is 5.97. The monoisotopic (exact) mass is 375 g/mol. The Kier molecular flexibility index (Phi) is 5.51. The van der Waals surface area contributed by atoms with E-state index in [2.05, 4.69) is 10.3 Å². The summed E-state index contributed by atoms with van der Waals surface area (Å²) in [4.78, 5) is 28.9. The molecule has 0 saturated carbocycles. The summed E-state index contributed by atoms with van der Waals surface area (Å²) in [5.41, 5.74) is 1.40. The van der Waals surface area contributed by atoms with Gasteiger partial charge < -0.3 is 14.5 Å². The molecule has 2 aromatic carbocycles. The average Bonchev–Trinajstić information content (AvgIpc) is 3.10. The minimum atomic E-state index is -1.09. The van der Waals surface area contributed by atoms with Crippen molar-refractivity contribution in [3.63, 3.8) is 0 Å². The second-order valence-electron chi connectivity index (χ2n) is 5.98. The van der Waals surface area contributed by atoms with Crippen LogP contribution in [-0.2, 0) is 9.53 Å². The number of aryl methyl sites for hydroxylation is 1. The molecular formula is C21H17N3O4. The Morgan fingerprint density at radius 1 is 1.14 bits per heavy atom. The van der Waals surface area contributed by atoms with Crippen molar-refractivity contribution in [1.29, 1.82) is 5.26 Å². The summed E-state index contributed by atoms with van der Waals surface area (Å²) in [7, 11) is 0. The van der Waals surface area contributed by atoms with E-state index in [0.717, 1.165) is 5.56 Å². The van der Waals surface area contributed by atoms with Crippen molar-refractivity contribution in [3.05, 3.63) is 71.6 Å². The third-order valence-electron chi connectivity index (χ3n) is 3.97. The number of anilines is 1. The summed E-state index contributed by atoms with van der Waals surface area (Å²) >= 11 is 0. The highest BCUT2D eigenvalue weighted by atomic mass is 16.5. The normalized spacial score (nSPS) is 11.3. The first-order valence-corrected chi connectivity index (χ1v) is 8.53. The molecule has 3 aromatic rings. The number of aromatic nitrogens is 1. The molecule has 0 saturated heterocycles. The molecule has 7 nitrogen and oxygen atoms in total. The van der Waals surface area contributed by atoms with Crippen LogP contribution < -0.4 is 5.32 Å². The zero-order valence-electron chi connectivity index (χ0n) is 15.3. The third-order valence-corrected chi connectivity index (χ3v) is 3.97. The fourth-order valence-corrected chi connectivity index (χ4v) is 2.48. The van der Waals surface area contributed by atoms with E-state index >= 15 is 0 Å². The van der Waals surface area contributed by atoms with Gasteiger partial charge in [-0.3, -0.25) is 4.79 Å². The van der Waals surface area contributed by atoms with Gasteiger partial charge >= 0.3 is 5.97 Å². The molecule has 1 N–H and O–H groups in total. The smallest absolute Gasteiger partial charge is 0.361 e. The van der Waals surface area contributed by atoms with Crippen LogP contribution in [0.1, 0.15) is 28.7 Å². The standard InChI is InChI=1S/C21H17N3O4/c1-13-18(24-20(27-13)15-8-4-3-5-9-15)21(26)28-14(2)19(25)23-17-11-7-6-10-16(17)12-22/h3-11,14H,1-2H3,(H,23,25)/t14-/m1/s1. The van der Waals surface area contributed by atoms with Gasteiger partial charge in [0.15, 0.2) is 11.8 Å². The maximum atomic E-state index is 12.4. The van der Waals surface area contributed by atoms with Crippen molar-refractivity contribution in [3.8, 4) is 17.5 Å². The number of nitrogens with one attached hydrogen (secondary N) is 1. The first-order chi connectivity index (χ1) is 13.5. The number of ether oxygens (including phenoxy) is 1. The van der Waals surface area contributed by atoms with Gasteiger partial charge in [-0.15, -0.1) is 0 Å². The predicted octanol–water partition coefficient (Wildman–Crippen LogP) is 3.71. The molecule has 3 rings (SSSR count). The Bertz CT molecular complexity index is 1050. The number of amides is 1. The zero-order chi connectivity index (χ0) is 20.1. The molecule has 28 heavy (non-hydrogen) atoms. The van der Waals surface area contributed by atoms with Gasteiger partial charge in [0.25, 0.3) is 5.91 Å². The number of benzene rings is 2. The summed E-state index contributed by atoms with van der Waals surface area (Å²) in [5.74, 6) is -0.725. The summed E-state index contributed by atoms with van der Waals surface area (Å²) in [5, 5.41) is 11.7. The number of esters is 1. The van der Waals surface area contributed by atoms with Gasteiger partial charge in [0.2, 0.25) is 5.89 Å². The van der Waals surface area contributed by atoms with E-state index in [1.807, 2.05) is 36.4 Å². The van der Waals surface area contributed by atoms with Crippen LogP contribution in [0.25, 0.3) is 11.5 Å². The number of nitrogens with zero attached hydrogens (tertiary/aromatic N) is 2. The molecule has 0 unspecified atom stereocenters. The quantitative estimate of drug-likeness (QED) is 0.682. The largest absolute Gasteiger partial charge is 0.448 e. The van der Waals surface area contributed by atoms with E-state index in [0.29, 0.717) is 22.9 Å². The van der Waals surface area contributed by atoms with Gasteiger partial charge in [-0.1, -0.05) is 30.3 Å². The van der Waals surface area contributed by atoms with Gasteiger partial charge in [0, 0.05) is 5.56 Å². The molecule has 1 aromatic heterocycles. The number of para-hydroxylation sites is 1. The molecule has 0 fully saturated rings. The van der Waals surface area contributed by atoms with E-state index in [1.165, 1.54) is 6.92 Å². The molecule has 0 aliphatic rings.